The number of fused-ring (bicyclic) bond motifs is 1. The molecule has 0 atom stereocenters. The van der Waals surface area contributed by atoms with Crippen molar-refractivity contribution in [2.24, 2.45) is 0 Å². The van der Waals surface area contributed by atoms with E-state index in [1.165, 1.54) is 36.4 Å². The molecule has 0 saturated heterocycles. The average Bonchev–Trinajstić information content (AvgIpc) is 3.12. The van der Waals surface area contributed by atoms with Crippen LogP contribution in [0, 0.1) is 5.82 Å². The SMILES string of the molecule is COC(=O)c1cc(N2CCOc3ccc(F)cc3C2=O)ncc1NC(=O)C(c1ccccc1)c1ccccc1. The normalized spacial score (nSPS) is 12.8. The van der Waals surface area contributed by atoms with Gasteiger partial charge in [0.1, 0.15) is 24.0 Å². The Morgan fingerprint density at radius 2 is 1.67 bits per heavy atom. The highest BCUT2D eigenvalue weighted by atomic mass is 19.1. The zero-order chi connectivity index (χ0) is 27.4. The first-order valence-corrected chi connectivity index (χ1v) is 12.2. The fourth-order valence-electron chi connectivity index (χ4n) is 4.47. The largest absolute Gasteiger partial charge is 0.491 e. The second-order valence-electron chi connectivity index (χ2n) is 8.77. The van der Waals surface area contributed by atoms with Crippen LogP contribution in [0.1, 0.15) is 37.8 Å². The van der Waals surface area contributed by atoms with Crippen molar-refractivity contribution < 1.29 is 28.2 Å². The standard InChI is InChI=1S/C30H24FN3O5/c1-38-30(37)22-17-26(34-14-15-39-25-13-12-21(31)16-23(25)29(34)36)32-18-24(22)33-28(35)27(19-8-4-2-5-9-19)20-10-6-3-7-11-20/h2-13,16-18,27H,14-15H2,1H3,(H,33,35). The molecule has 0 aliphatic carbocycles. The molecule has 39 heavy (non-hydrogen) atoms. The Balaban J connectivity index is 1.49. The van der Waals surface area contributed by atoms with Crippen LogP contribution in [0.2, 0.25) is 0 Å². The minimum absolute atomic E-state index is 0.00755. The fourth-order valence-corrected chi connectivity index (χ4v) is 4.47. The number of nitrogens with zero attached hydrogens (tertiary/aromatic N) is 2. The molecule has 2 amide bonds. The van der Waals surface area contributed by atoms with Crippen LogP contribution in [0.5, 0.6) is 5.75 Å². The first-order valence-electron chi connectivity index (χ1n) is 12.2. The minimum Gasteiger partial charge on any atom is -0.491 e. The number of anilines is 2. The number of benzene rings is 3. The highest BCUT2D eigenvalue weighted by molar-refractivity contribution is 6.09. The first kappa shape index (κ1) is 25.6. The van der Waals surface area contributed by atoms with E-state index in [2.05, 4.69) is 10.3 Å². The van der Waals surface area contributed by atoms with Crippen molar-refractivity contribution in [3.8, 4) is 5.75 Å². The van der Waals surface area contributed by atoms with Gasteiger partial charge in [-0.3, -0.25) is 14.5 Å². The van der Waals surface area contributed by atoms with E-state index in [4.69, 9.17) is 9.47 Å². The van der Waals surface area contributed by atoms with E-state index in [9.17, 15) is 18.8 Å². The third-order valence-electron chi connectivity index (χ3n) is 6.35. The van der Waals surface area contributed by atoms with E-state index in [0.29, 0.717) is 0 Å². The topological polar surface area (TPSA) is 97.8 Å². The molecule has 8 nitrogen and oxygen atoms in total. The van der Waals surface area contributed by atoms with E-state index in [1.54, 1.807) is 0 Å². The molecule has 2 heterocycles. The lowest BCUT2D eigenvalue weighted by Crippen LogP contribution is -2.33. The zero-order valence-corrected chi connectivity index (χ0v) is 21.0. The molecule has 5 rings (SSSR count). The number of methoxy groups -OCH3 is 1. The summed E-state index contributed by atoms with van der Waals surface area (Å²) in [6.45, 7) is 0.243. The van der Waals surface area contributed by atoms with Gasteiger partial charge in [-0.2, -0.15) is 0 Å². The van der Waals surface area contributed by atoms with Gasteiger partial charge in [0.2, 0.25) is 5.91 Å². The van der Waals surface area contributed by atoms with E-state index < -0.39 is 23.6 Å². The predicted molar refractivity (Wildman–Crippen MR) is 143 cm³/mol. The van der Waals surface area contributed by atoms with Crippen LogP contribution in [-0.2, 0) is 9.53 Å². The summed E-state index contributed by atoms with van der Waals surface area (Å²) in [5.41, 5.74) is 1.71. The Bertz CT molecular complexity index is 1490. The van der Waals surface area contributed by atoms with Crippen molar-refractivity contribution in [2.45, 2.75) is 5.92 Å². The van der Waals surface area contributed by atoms with Crippen LogP contribution in [0.25, 0.3) is 0 Å². The maximum absolute atomic E-state index is 13.9. The summed E-state index contributed by atoms with van der Waals surface area (Å²) >= 11 is 0. The highest BCUT2D eigenvalue weighted by Gasteiger charge is 2.29. The number of halogens is 1. The molecule has 196 valence electrons. The number of nitrogens with one attached hydrogen (secondary N) is 1. The van der Waals surface area contributed by atoms with E-state index in [-0.39, 0.29) is 47.4 Å². The van der Waals surface area contributed by atoms with E-state index in [0.717, 1.165) is 17.2 Å². The molecule has 0 fully saturated rings. The van der Waals surface area contributed by atoms with Gasteiger partial charge < -0.3 is 14.8 Å². The van der Waals surface area contributed by atoms with Crippen molar-refractivity contribution in [2.75, 3.05) is 30.5 Å². The van der Waals surface area contributed by atoms with Gasteiger partial charge in [-0.1, -0.05) is 60.7 Å². The van der Waals surface area contributed by atoms with Crippen molar-refractivity contribution >= 4 is 29.3 Å². The molecule has 0 radical (unpaired) electrons. The summed E-state index contributed by atoms with van der Waals surface area (Å²) in [6.07, 6.45) is 1.30. The van der Waals surface area contributed by atoms with Gasteiger partial charge >= 0.3 is 5.97 Å². The number of esters is 1. The van der Waals surface area contributed by atoms with Gasteiger partial charge in [-0.25, -0.2) is 14.2 Å². The molecule has 0 spiro atoms. The molecule has 0 saturated carbocycles. The van der Waals surface area contributed by atoms with Gasteiger partial charge in [0.05, 0.1) is 42.6 Å². The van der Waals surface area contributed by atoms with Crippen LogP contribution < -0.4 is 15.0 Å². The smallest absolute Gasteiger partial charge is 0.340 e. The molecule has 1 aliphatic rings. The predicted octanol–water partition coefficient (Wildman–Crippen LogP) is 4.82. The first-order chi connectivity index (χ1) is 19.0. The van der Waals surface area contributed by atoms with Crippen molar-refractivity contribution in [3.63, 3.8) is 0 Å². The molecule has 3 aromatic carbocycles. The van der Waals surface area contributed by atoms with E-state index >= 15 is 0 Å². The number of ether oxygens (including phenoxy) is 2. The average molecular weight is 526 g/mol. The number of carbonyl (C=O) groups is 3. The van der Waals surface area contributed by atoms with Gasteiger partial charge in [0.25, 0.3) is 5.91 Å². The lowest BCUT2D eigenvalue weighted by molar-refractivity contribution is -0.116. The zero-order valence-electron chi connectivity index (χ0n) is 21.0. The molecular formula is C30H24FN3O5. The lowest BCUT2D eigenvalue weighted by atomic mass is 9.90. The Kier molecular flexibility index (Phi) is 7.31. The number of pyridine rings is 1. The number of aromatic nitrogens is 1. The minimum atomic E-state index is -0.727. The van der Waals surface area contributed by atoms with Crippen molar-refractivity contribution in [1.29, 1.82) is 0 Å². The third-order valence-corrected chi connectivity index (χ3v) is 6.35. The Morgan fingerprint density at radius 3 is 2.31 bits per heavy atom. The highest BCUT2D eigenvalue weighted by Crippen LogP contribution is 2.30. The van der Waals surface area contributed by atoms with Gasteiger partial charge in [0, 0.05) is 0 Å². The number of carbonyl (C=O) groups excluding carboxylic acids is 3. The summed E-state index contributed by atoms with van der Waals surface area (Å²) in [5.74, 6) is -2.50. The monoisotopic (exact) mass is 525 g/mol. The summed E-state index contributed by atoms with van der Waals surface area (Å²) in [7, 11) is 1.22. The number of hydrogen-bond donors (Lipinski definition) is 1. The molecule has 0 bridgehead atoms. The third kappa shape index (κ3) is 5.33. The van der Waals surface area contributed by atoms with Crippen LogP contribution >= 0.6 is 0 Å². The maximum atomic E-state index is 13.9. The summed E-state index contributed by atoms with van der Waals surface area (Å²) < 4.78 is 24.5. The molecule has 1 aromatic heterocycles. The van der Waals surface area contributed by atoms with Crippen LogP contribution in [0.4, 0.5) is 15.9 Å². The summed E-state index contributed by atoms with van der Waals surface area (Å²) in [6, 6.07) is 23.6. The second kappa shape index (κ2) is 11.1. The maximum Gasteiger partial charge on any atom is 0.340 e. The molecule has 4 aromatic rings. The molecule has 0 unspecified atom stereocenters. The van der Waals surface area contributed by atoms with Gasteiger partial charge in [0.15, 0.2) is 0 Å². The van der Waals surface area contributed by atoms with Crippen LogP contribution in [0.15, 0.2) is 91.1 Å². The Hall–Kier alpha value is -5.05. The van der Waals surface area contributed by atoms with Gasteiger partial charge in [-0.05, 0) is 35.4 Å². The van der Waals surface area contributed by atoms with E-state index in [1.807, 2.05) is 60.7 Å². The molecular weight excluding hydrogens is 501 g/mol. The van der Waals surface area contributed by atoms with Crippen molar-refractivity contribution in [3.05, 3.63) is 119 Å². The fraction of sp³-hybridized carbons (Fsp3) is 0.133. The number of hydrogen-bond acceptors (Lipinski definition) is 6. The number of rotatable bonds is 6. The lowest BCUT2D eigenvalue weighted by Gasteiger charge is -2.22. The second-order valence-corrected chi connectivity index (χ2v) is 8.77. The van der Waals surface area contributed by atoms with Gasteiger partial charge in [-0.15, -0.1) is 0 Å². The molecule has 1 N–H and O–H groups in total. The quantitative estimate of drug-likeness (QED) is 0.363. The summed E-state index contributed by atoms with van der Waals surface area (Å²) in [4.78, 5) is 45.3. The van der Waals surface area contributed by atoms with Crippen LogP contribution in [0.3, 0.4) is 0 Å². The van der Waals surface area contributed by atoms with Crippen LogP contribution in [-0.4, -0.2) is 43.0 Å². The summed E-state index contributed by atoms with van der Waals surface area (Å²) in [5, 5.41) is 2.82. The number of amides is 2. The van der Waals surface area contributed by atoms with Crippen molar-refractivity contribution in [1.82, 2.24) is 4.98 Å². The Labute approximate surface area is 224 Å². The molecule has 1 aliphatic heterocycles. The Morgan fingerprint density at radius 1 is 1.00 bits per heavy atom. The molecule has 9 heteroatoms.